The van der Waals surface area contributed by atoms with Crippen LogP contribution in [0.2, 0.25) is 0 Å². The number of carboxylic acids is 1. The average Bonchev–Trinajstić information content (AvgIpc) is 2.41. The van der Waals surface area contributed by atoms with E-state index in [9.17, 15) is 20.0 Å². The summed E-state index contributed by atoms with van der Waals surface area (Å²) in [5.74, 6) is -0.403. The van der Waals surface area contributed by atoms with Crippen LogP contribution in [-0.2, 0) is 0 Å². The standard InChI is InChI=1S/C15H20N2O4/c1-9-7-10(2)11(3)16(8-9)14-12(15(18)19)5-4-6-13(14)17(20)21/h4-6,9-11H,7-8H2,1-3H3,(H,18,19). The third-order valence-electron chi connectivity index (χ3n) is 4.33. The van der Waals surface area contributed by atoms with Gasteiger partial charge in [-0.25, -0.2) is 4.79 Å². The van der Waals surface area contributed by atoms with Gasteiger partial charge in [-0.1, -0.05) is 19.9 Å². The number of piperidine rings is 1. The SMILES string of the molecule is CC1CC(C)C(C)N(c2c(C(=O)O)cccc2[N+](=O)[O-])C1. The van der Waals surface area contributed by atoms with Crippen LogP contribution in [0.15, 0.2) is 18.2 Å². The summed E-state index contributed by atoms with van der Waals surface area (Å²) < 4.78 is 0. The van der Waals surface area contributed by atoms with E-state index in [2.05, 4.69) is 13.8 Å². The van der Waals surface area contributed by atoms with Crippen molar-refractivity contribution >= 4 is 17.3 Å². The first-order chi connectivity index (χ1) is 9.82. The van der Waals surface area contributed by atoms with Gasteiger partial charge in [-0.3, -0.25) is 10.1 Å². The van der Waals surface area contributed by atoms with Crippen LogP contribution >= 0.6 is 0 Å². The average molecular weight is 292 g/mol. The fraction of sp³-hybridized carbons (Fsp3) is 0.533. The van der Waals surface area contributed by atoms with Crippen molar-refractivity contribution in [2.24, 2.45) is 11.8 Å². The molecule has 0 aromatic heterocycles. The van der Waals surface area contributed by atoms with Crippen LogP contribution in [0.4, 0.5) is 11.4 Å². The monoisotopic (exact) mass is 292 g/mol. The molecule has 3 atom stereocenters. The lowest BCUT2D eigenvalue weighted by Gasteiger charge is -2.42. The number of carboxylic acid groups (broad SMARTS) is 1. The second-order valence-electron chi connectivity index (χ2n) is 5.95. The molecule has 1 N–H and O–H groups in total. The highest BCUT2D eigenvalue weighted by Crippen LogP contribution is 2.38. The number of nitrogens with zero attached hydrogens (tertiary/aromatic N) is 2. The summed E-state index contributed by atoms with van der Waals surface area (Å²) >= 11 is 0. The maximum atomic E-state index is 11.5. The summed E-state index contributed by atoms with van der Waals surface area (Å²) in [5.41, 5.74) is 0.0984. The van der Waals surface area contributed by atoms with Gasteiger partial charge in [-0.15, -0.1) is 0 Å². The van der Waals surface area contributed by atoms with Crippen molar-refractivity contribution in [1.29, 1.82) is 0 Å². The molecule has 1 heterocycles. The van der Waals surface area contributed by atoms with E-state index in [4.69, 9.17) is 0 Å². The number of benzene rings is 1. The van der Waals surface area contributed by atoms with Gasteiger partial charge in [0, 0.05) is 18.7 Å². The molecule has 0 spiro atoms. The Morgan fingerprint density at radius 1 is 1.38 bits per heavy atom. The molecule has 1 aliphatic heterocycles. The van der Waals surface area contributed by atoms with E-state index in [1.807, 2.05) is 11.8 Å². The Hall–Kier alpha value is -2.11. The summed E-state index contributed by atoms with van der Waals surface area (Å²) in [6, 6.07) is 4.30. The van der Waals surface area contributed by atoms with Gasteiger partial charge in [0.25, 0.3) is 5.69 Å². The molecule has 1 aliphatic rings. The second kappa shape index (κ2) is 5.71. The molecular formula is C15H20N2O4. The van der Waals surface area contributed by atoms with E-state index in [-0.39, 0.29) is 23.0 Å². The Morgan fingerprint density at radius 3 is 2.62 bits per heavy atom. The molecule has 0 radical (unpaired) electrons. The number of aromatic carboxylic acids is 1. The van der Waals surface area contributed by atoms with E-state index in [1.165, 1.54) is 18.2 Å². The van der Waals surface area contributed by atoms with Crippen molar-refractivity contribution in [3.05, 3.63) is 33.9 Å². The van der Waals surface area contributed by atoms with E-state index in [1.54, 1.807) is 0 Å². The van der Waals surface area contributed by atoms with Crippen molar-refractivity contribution in [3.8, 4) is 0 Å². The molecule has 1 fully saturated rings. The largest absolute Gasteiger partial charge is 0.478 e. The Morgan fingerprint density at radius 2 is 2.05 bits per heavy atom. The van der Waals surface area contributed by atoms with Crippen LogP contribution in [0.5, 0.6) is 0 Å². The minimum absolute atomic E-state index is 0.00245. The third kappa shape index (κ3) is 2.84. The second-order valence-corrected chi connectivity index (χ2v) is 5.95. The van der Waals surface area contributed by atoms with Crippen molar-refractivity contribution in [1.82, 2.24) is 0 Å². The van der Waals surface area contributed by atoms with Gasteiger partial charge >= 0.3 is 5.97 Å². The van der Waals surface area contributed by atoms with E-state index >= 15 is 0 Å². The van der Waals surface area contributed by atoms with Gasteiger partial charge in [0.15, 0.2) is 0 Å². The topological polar surface area (TPSA) is 83.7 Å². The fourth-order valence-corrected chi connectivity index (χ4v) is 3.16. The first-order valence-corrected chi connectivity index (χ1v) is 7.10. The van der Waals surface area contributed by atoms with Gasteiger partial charge in [-0.05, 0) is 31.2 Å². The van der Waals surface area contributed by atoms with Crippen molar-refractivity contribution in [3.63, 3.8) is 0 Å². The lowest BCUT2D eigenvalue weighted by Crippen LogP contribution is -2.46. The molecule has 1 aromatic carbocycles. The minimum atomic E-state index is -1.13. The number of nitro groups is 1. The summed E-state index contributed by atoms with van der Waals surface area (Å²) in [6.07, 6.45) is 1.04. The first kappa shape index (κ1) is 15.3. The van der Waals surface area contributed by atoms with Gasteiger partial charge in [0.05, 0.1) is 10.5 Å². The third-order valence-corrected chi connectivity index (χ3v) is 4.33. The Labute approximate surface area is 123 Å². The molecule has 2 rings (SSSR count). The van der Waals surface area contributed by atoms with E-state index in [0.717, 1.165) is 6.42 Å². The Kier molecular flexibility index (Phi) is 4.16. The summed E-state index contributed by atoms with van der Waals surface area (Å²) in [4.78, 5) is 24.1. The lowest BCUT2D eigenvalue weighted by atomic mass is 9.85. The molecule has 3 unspecified atom stereocenters. The van der Waals surface area contributed by atoms with Crippen molar-refractivity contribution in [2.75, 3.05) is 11.4 Å². The van der Waals surface area contributed by atoms with Gasteiger partial charge in [0.2, 0.25) is 0 Å². The molecule has 1 saturated heterocycles. The zero-order valence-electron chi connectivity index (χ0n) is 12.4. The van der Waals surface area contributed by atoms with Crippen LogP contribution in [0, 0.1) is 22.0 Å². The van der Waals surface area contributed by atoms with Crippen molar-refractivity contribution < 1.29 is 14.8 Å². The molecule has 1 aromatic rings. The fourth-order valence-electron chi connectivity index (χ4n) is 3.16. The summed E-state index contributed by atoms with van der Waals surface area (Å²) in [6.45, 7) is 6.82. The molecule has 0 aliphatic carbocycles. The van der Waals surface area contributed by atoms with Crippen LogP contribution in [0.1, 0.15) is 37.6 Å². The molecule has 0 amide bonds. The van der Waals surface area contributed by atoms with Gasteiger partial charge in [0.1, 0.15) is 5.69 Å². The van der Waals surface area contributed by atoms with E-state index < -0.39 is 10.9 Å². The molecule has 114 valence electrons. The predicted molar refractivity (Wildman–Crippen MR) is 79.8 cm³/mol. The smallest absolute Gasteiger partial charge is 0.338 e. The zero-order valence-corrected chi connectivity index (χ0v) is 12.4. The van der Waals surface area contributed by atoms with Crippen LogP contribution in [0.3, 0.4) is 0 Å². The number of para-hydroxylation sites is 1. The number of rotatable bonds is 3. The number of carbonyl (C=O) groups is 1. The number of hydrogen-bond acceptors (Lipinski definition) is 4. The van der Waals surface area contributed by atoms with Crippen molar-refractivity contribution in [2.45, 2.75) is 33.2 Å². The maximum absolute atomic E-state index is 11.5. The zero-order chi connectivity index (χ0) is 15.7. The Bertz CT molecular complexity index is 541. The normalized spacial score (nSPS) is 25.7. The molecule has 6 heteroatoms. The highest BCUT2D eigenvalue weighted by Gasteiger charge is 2.35. The summed E-state index contributed by atoms with van der Waals surface area (Å²) in [5, 5.41) is 20.7. The lowest BCUT2D eigenvalue weighted by molar-refractivity contribution is -0.384. The quantitative estimate of drug-likeness (QED) is 0.683. The van der Waals surface area contributed by atoms with Crippen LogP contribution < -0.4 is 4.90 Å². The van der Waals surface area contributed by atoms with Crippen LogP contribution in [0.25, 0.3) is 0 Å². The number of anilines is 1. The first-order valence-electron chi connectivity index (χ1n) is 7.10. The highest BCUT2D eigenvalue weighted by atomic mass is 16.6. The molecule has 0 bridgehead atoms. The molecule has 0 saturated carbocycles. The molecule has 6 nitrogen and oxygen atoms in total. The van der Waals surface area contributed by atoms with Gasteiger partial charge < -0.3 is 10.0 Å². The van der Waals surface area contributed by atoms with E-state index in [0.29, 0.717) is 18.4 Å². The molecule has 21 heavy (non-hydrogen) atoms. The van der Waals surface area contributed by atoms with Gasteiger partial charge in [-0.2, -0.15) is 0 Å². The van der Waals surface area contributed by atoms with Crippen LogP contribution in [-0.4, -0.2) is 28.6 Å². The number of nitro benzene ring substituents is 1. The minimum Gasteiger partial charge on any atom is -0.478 e. The molecular weight excluding hydrogens is 272 g/mol. The maximum Gasteiger partial charge on any atom is 0.338 e. The summed E-state index contributed by atoms with van der Waals surface area (Å²) in [7, 11) is 0. The highest BCUT2D eigenvalue weighted by molar-refractivity contribution is 5.97. The predicted octanol–water partition coefficient (Wildman–Crippen LogP) is 3.16. The Balaban J connectivity index is 2.59. The number of hydrogen-bond donors (Lipinski definition) is 1.